The van der Waals surface area contributed by atoms with Crippen molar-refractivity contribution in [1.29, 1.82) is 0 Å². The number of hydrogen-bond donors (Lipinski definition) is 0. The molecule has 0 N–H and O–H groups in total. The second-order valence-electron chi connectivity index (χ2n) is 6.95. The van der Waals surface area contributed by atoms with Gasteiger partial charge >= 0.3 is 0 Å². The van der Waals surface area contributed by atoms with Crippen molar-refractivity contribution in [3.05, 3.63) is 30.1 Å². The van der Waals surface area contributed by atoms with Crippen LogP contribution < -0.4 is 0 Å². The largest absolute Gasteiger partial charge is 0.338 e. The van der Waals surface area contributed by atoms with Crippen molar-refractivity contribution >= 4 is 15.9 Å². The van der Waals surface area contributed by atoms with E-state index in [-0.39, 0.29) is 17.1 Å². The van der Waals surface area contributed by atoms with Gasteiger partial charge in [-0.1, -0.05) is 6.07 Å². The van der Waals surface area contributed by atoms with E-state index in [1.807, 2.05) is 17.0 Å². The molecular formula is C17H25N3O3S. The maximum atomic E-state index is 12.3. The third-order valence-electron chi connectivity index (χ3n) is 5.23. The Balaban J connectivity index is 1.75. The van der Waals surface area contributed by atoms with Crippen molar-refractivity contribution in [2.75, 3.05) is 25.4 Å². The Hall–Kier alpha value is -1.47. The highest BCUT2D eigenvalue weighted by atomic mass is 32.2. The Morgan fingerprint density at radius 2 is 2.12 bits per heavy atom. The zero-order chi connectivity index (χ0) is 17.2. The van der Waals surface area contributed by atoms with Gasteiger partial charge in [0.05, 0.1) is 5.75 Å². The van der Waals surface area contributed by atoms with E-state index in [4.69, 9.17) is 0 Å². The molecule has 24 heavy (non-hydrogen) atoms. The van der Waals surface area contributed by atoms with Crippen molar-refractivity contribution < 1.29 is 13.2 Å². The molecule has 3 rings (SSSR count). The Morgan fingerprint density at radius 1 is 1.29 bits per heavy atom. The van der Waals surface area contributed by atoms with Crippen LogP contribution in [0, 0.1) is 5.41 Å². The van der Waals surface area contributed by atoms with Crippen LogP contribution in [0.5, 0.6) is 0 Å². The van der Waals surface area contributed by atoms with Crippen molar-refractivity contribution in [2.24, 2.45) is 5.41 Å². The van der Waals surface area contributed by atoms with E-state index < -0.39 is 10.0 Å². The third kappa shape index (κ3) is 3.62. The lowest BCUT2D eigenvalue weighted by Gasteiger charge is -2.47. The summed E-state index contributed by atoms with van der Waals surface area (Å²) in [7, 11) is -3.17. The SMILES string of the molecule is CCS(=O)(=O)N1CCC[C@@]2(CCC(=O)N(Cc3cccnc3)C2)C1. The average molecular weight is 351 g/mol. The summed E-state index contributed by atoms with van der Waals surface area (Å²) in [4.78, 5) is 18.3. The van der Waals surface area contributed by atoms with Crippen LogP contribution in [0.25, 0.3) is 0 Å². The van der Waals surface area contributed by atoms with Crippen LogP contribution in [0.4, 0.5) is 0 Å². The van der Waals surface area contributed by atoms with Gasteiger partial charge in [-0.25, -0.2) is 12.7 Å². The predicted molar refractivity (Wildman–Crippen MR) is 91.6 cm³/mol. The molecule has 1 aromatic rings. The summed E-state index contributed by atoms with van der Waals surface area (Å²) in [6, 6.07) is 3.84. The van der Waals surface area contributed by atoms with Crippen molar-refractivity contribution in [3.63, 3.8) is 0 Å². The zero-order valence-corrected chi connectivity index (χ0v) is 15.0. The van der Waals surface area contributed by atoms with E-state index in [0.717, 1.165) is 24.8 Å². The van der Waals surface area contributed by atoms with E-state index in [2.05, 4.69) is 4.98 Å². The van der Waals surface area contributed by atoms with E-state index >= 15 is 0 Å². The molecule has 1 aromatic heterocycles. The summed E-state index contributed by atoms with van der Waals surface area (Å²) < 4.78 is 26.1. The highest BCUT2D eigenvalue weighted by molar-refractivity contribution is 7.89. The Morgan fingerprint density at radius 3 is 2.83 bits per heavy atom. The maximum absolute atomic E-state index is 12.3. The number of carbonyl (C=O) groups is 1. The first-order valence-electron chi connectivity index (χ1n) is 8.59. The van der Waals surface area contributed by atoms with E-state index in [1.165, 1.54) is 0 Å². The van der Waals surface area contributed by atoms with Gasteiger partial charge in [0.1, 0.15) is 0 Å². The van der Waals surface area contributed by atoms with Gasteiger partial charge in [-0.15, -0.1) is 0 Å². The summed E-state index contributed by atoms with van der Waals surface area (Å²) in [6.07, 6.45) is 6.64. The number of pyridine rings is 1. The van der Waals surface area contributed by atoms with Crippen LogP contribution in [0.2, 0.25) is 0 Å². The van der Waals surface area contributed by atoms with Gasteiger partial charge in [-0.2, -0.15) is 0 Å². The Bertz CT molecular complexity index is 692. The Labute approximate surface area is 143 Å². The number of hydrogen-bond acceptors (Lipinski definition) is 4. The van der Waals surface area contributed by atoms with Crippen LogP contribution in [-0.4, -0.2) is 53.9 Å². The minimum atomic E-state index is -3.17. The second kappa shape index (κ2) is 6.80. The highest BCUT2D eigenvalue weighted by Gasteiger charge is 2.43. The summed E-state index contributed by atoms with van der Waals surface area (Å²) in [6.45, 7) is 4.02. The number of amides is 1. The standard InChI is InChI=1S/C17H25N3O3S/c1-2-24(22,23)20-10-4-7-17(14-20)8-6-16(21)19(13-17)12-15-5-3-9-18-11-15/h3,5,9,11H,2,4,6-8,10,12-14H2,1H3/t17-/m0/s1. The molecule has 2 aliphatic rings. The first-order chi connectivity index (χ1) is 11.4. The van der Waals surface area contributed by atoms with Crippen LogP contribution in [0.15, 0.2) is 24.5 Å². The molecule has 2 fully saturated rings. The fourth-order valence-corrected chi connectivity index (χ4v) is 5.12. The van der Waals surface area contributed by atoms with Gasteiger partial charge in [0.2, 0.25) is 15.9 Å². The molecular weight excluding hydrogens is 326 g/mol. The number of nitrogens with zero attached hydrogens (tertiary/aromatic N) is 3. The van der Waals surface area contributed by atoms with Gasteiger partial charge in [0, 0.05) is 50.4 Å². The summed E-state index contributed by atoms with van der Waals surface area (Å²) in [5, 5.41) is 0. The lowest BCUT2D eigenvalue weighted by atomic mass is 9.74. The molecule has 132 valence electrons. The average Bonchev–Trinajstić information content (AvgIpc) is 2.59. The number of piperidine rings is 2. The summed E-state index contributed by atoms with van der Waals surface area (Å²) >= 11 is 0. The highest BCUT2D eigenvalue weighted by Crippen LogP contribution is 2.40. The minimum Gasteiger partial charge on any atom is -0.338 e. The van der Waals surface area contributed by atoms with Crippen LogP contribution in [0.3, 0.4) is 0 Å². The first-order valence-corrected chi connectivity index (χ1v) is 10.2. The molecule has 1 amide bonds. The second-order valence-corrected chi connectivity index (χ2v) is 9.21. The van der Waals surface area contributed by atoms with E-state index in [0.29, 0.717) is 32.6 Å². The lowest BCUT2D eigenvalue weighted by molar-refractivity contribution is -0.139. The van der Waals surface area contributed by atoms with Gasteiger partial charge < -0.3 is 4.90 Å². The fraction of sp³-hybridized carbons (Fsp3) is 0.647. The first kappa shape index (κ1) is 17.4. The fourth-order valence-electron chi connectivity index (χ4n) is 3.87. The molecule has 6 nitrogen and oxygen atoms in total. The molecule has 1 spiro atoms. The number of sulfonamides is 1. The molecule has 0 aliphatic carbocycles. The quantitative estimate of drug-likeness (QED) is 0.827. The number of rotatable bonds is 4. The molecule has 3 heterocycles. The molecule has 0 unspecified atom stereocenters. The van der Waals surface area contributed by atoms with Crippen molar-refractivity contribution in [2.45, 2.75) is 39.2 Å². The number of carbonyl (C=O) groups excluding carboxylic acids is 1. The third-order valence-corrected chi connectivity index (χ3v) is 7.06. The van der Waals surface area contributed by atoms with Gasteiger partial charge in [-0.05, 0) is 37.8 Å². The molecule has 0 bridgehead atoms. The molecule has 2 aliphatic heterocycles. The summed E-state index contributed by atoms with van der Waals surface area (Å²) in [5.74, 6) is 0.293. The molecule has 0 radical (unpaired) electrons. The monoisotopic (exact) mass is 351 g/mol. The zero-order valence-electron chi connectivity index (χ0n) is 14.1. The molecule has 0 aromatic carbocycles. The van der Waals surface area contributed by atoms with Gasteiger partial charge in [0.15, 0.2) is 0 Å². The summed E-state index contributed by atoms with van der Waals surface area (Å²) in [5.41, 5.74) is 0.910. The van der Waals surface area contributed by atoms with Crippen LogP contribution in [-0.2, 0) is 21.4 Å². The number of likely N-dealkylation sites (tertiary alicyclic amines) is 1. The molecule has 2 saturated heterocycles. The number of aromatic nitrogens is 1. The normalized spacial score (nSPS) is 26.0. The maximum Gasteiger partial charge on any atom is 0.222 e. The van der Waals surface area contributed by atoms with Gasteiger partial charge in [0.25, 0.3) is 0 Å². The van der Waals surface area contributed by atoms with Crippen molar-refractivity contribution in [1.82, 2.24) is 14.2 Å². The van der Waals surface area contributed by atoms with Crippen molar-refractivity contribution in [3.8, 4) is 0 Å². The lowest BCUT2D eigenvalue weighted by Crippen LogP contribution is -2.55. The van der Waals surface area contributed by atoms with Crippen LogP contribution in [0.1, 0.15) is 38.2 Å². The topological polar surface area (TPSA) is 70.6 Å². The Kier molecular flexibility index (Phi) is 4.92. The van der Waals surface area contributed by atoms with Crippen LogP contribution >= 0.6 is 0 Å². The molecule has 1 atom stereocenters. The van der Waals surface area contributed by atoms with Gasteiger partial charge in [-0.3, -0.25) is 9.78 Å². The van der Waals surface area contributed by atoms with E-state index in [1.54, 1.807) is 23.6 Å². The molecule has 0 saturated carbocycles. The molecule has 7 heteroatoms. The predicted octanol–water partition coefficient (Wildman–Crippen LogP) is 1.64. The van der Waals surface area contributed by atoms with E-state index in [9.17, 15) is 13.2 Å². The smallest absolute Gasteiger partial charge is 0.222 e. The minimum absolute atomic E-state index is 0.101.